The molecule has 0 unspecified atom stereocenters. The van der Waals surface area contributed by atoms with Crippen molar-refractivity contribution in [1.82, 2.24) is 15.0 Å². The minimum atomic E-state index is -0.465. The average molecular weight is 229 g/mol. The Hall–Kier alpha value is -2.43. The van der Waals surface area contributed by atoms with Gasteiger partial charge in [-0.3, -0.25) is 0 Å². The van der Waals surface area contributed by atoms with Gasteiger partial charge in [-0.1, -0.05) is 35.5 Å². The van der Waals surface area contributed by atoms with Crippen LogP contribution in [0.4, 0.5) is 0 Å². The predicted molar refractivity (Wildman–Crippen MR) is 63.0 cm³/mol. The highest BCUT2D eigenvalue weighted by Gasteiger charge is 2.11. The van der Waals surface area contributed by atoms with Crippen LogP contribution in [-0.2, 0) is 4.74 Å². The third-order valence-electron chi connectivity index (χ3n) is 2.18. The molecule has 0 aliphatic carbocycles. The second kappa shape index (κ2) is 5.07. The molecule has 1 aromatic heterocycles. The number of aromatic nitrogens is 3. The van der Waals surface area contributed by atoms with E-state index in [0.717, 1.165) is 5.56 Å². The topological polar surface area (TPSA) is 57.0 Å². The molecule has 1 heterocycles. The molecule has 5 heteroatoms. The summed E-state index contributed by atoms with van der Waals surface area (Å²) in [6, 6.07) is 9.70. The largest absolute Gasteiger partial charge is 0.464 e. The molecule has 5 nitrogen and oxygen atoms in total. The van der Waals surface area contributed by atoms with E-state index in [1.807, 2.05) is 36.4 Å². The van der Waals surface area contributed by atoms with Gasteiger partial charge in [0.15, 0.2) is 5.69 Å². The van der Waals surface area contributed by atoms with Crippen LogP contribution in [0.25, 0.3) is 12.3 Å². The van der Waals surface area contributed by atoms with Crippen LogP contribution in [0.1, 0.15) is 16.1 Å². The molecule has 2 aromatic rings. The highest BCUT2D eigenvalue weighted by atomic mass is 16.5. The van der Waals surface area contributed by atoms with Crippen molar-refractivity contribution in [2.75, 3.05) is 7.11 Å². The van der Waals surface area contributed by atoms with Gasteiger partial charge in [-0.15, -0.1) is 5.10 Å². The van der Waals surface area contributed by atoms with Crippen molar-refractivity contribution in [2.24, 2.45) is 0 Å². The van der Waals surface area contributed by atoms with Crippen LogP contribution in [-0.4, -0.2) is 28.1 Å². The Morgan fingerprint density at radius 1 is 1.35 bits per heavy atom. The molecule has 0 N–H and O–H groups in total. The van der Waals surface area contributed by atoms with Crippen LogP contribution >= 0.6 is 0 Å². The van der Waals surface area contributed by atoms with Gasteiger partial charge >= 0.3 is 5.97 Å². The van der Waals surface area contributed by atoms with E-state index in [9.17, 15) is 4.79 Å². The monoisotopic (exact) mass is 229 g/mol. The van der Waals surface area contributed by atoms with E-state index in [4.69, 9.17) is 0 Å². The van der Waals surface area contributed by atoms with Gasteiger partial charge in [0.05, 0.1) is 13.3 Å². The van der Waals surface area contributed by atoms with Crippen molar-refractivity contribution < 1.29 is 9.53 Å². The minimum Gasteiger partial charge on any atom is -0.464 e. The zero-order valence-corrected chi connectivity index (χ0v) is 9.28. The Balaban J connectivity index is 2.22. The van der Waals surface area contributed by atoms with Crippen molar-refractivity contribution in [3.8, 4) is 0 Å². The molecule has 17 heavy (non-hydrogen) atoms. The maximum Gasteiger partial charge on any atom is 0.358 e. The number of methoxy groups -OCH3 is 1. The smallest absolute Gasteiger partial charge is 0.358 e. The standard InChI is InChI=1S/C12H11N3O2/c1-17-12(16)11-9-13-14-15(11)8-7-10-5-3-2-4-6-10/h2-9H,1H3/b8-7+. The number of esters is 1. The Labute approximate surface area is 98.3 Å². The lowest BCUT2D eigenvalue weighted by molar-refractivity contribution is 0.0591. The minimum absolute atomic E-state index is 0.291. The molecule has 0 atom stereocenters. The Morgan fingerprint density at radius 2 is 2.12 bits per heavy atom. The van der Waals surface area contributed by atoms with Gasteiger partial charge in [0.2, 0.25) is 0 Å². The van der Waals surface area contributed by atoms with Crippen LogP contribution in [0, 0.1) is 0 Å². The van der Waals surface area contributed by atoms with Crippen LogP contribution in [0.3, 0.4) is 0 Å². The molecule has 2 rings (SSSR count). The van der Waals surface area contributed by atoms with E-state index < -0.39 is 5.97 Å². The lowest BCUT2D eigenvalue weighted by Crippen LogP contribution is -2.07. The SMILES string of the molecule is COC(=O)c1cnnn1/C=C/c1ccccc1. The second-order valence-electron chi connectivity index (χ2n) is 3.28. The highest BCUT2D eigenvalue weighted by molar-refractivity contribution is 5.88. The number of ether oxygens (including phenoxy) is 1. The molecule has 0 saturated carbocycles. The van der Waals surface area contributed by atoms with E-state index in [1.165, 1.54) is 18.0 Å². The van der Waals surface area contributed by atoms with Crippen molar-refractivity contribution in [3.05, 3.63) is 47.8 Å². The third-order valence-corrected chi connectivity index (χ3v) is 2.18. The van der Waals surface area contributed by atoms with Gasteiger partial charge in [-0.05, 0) is 11.6 Å². The summed E-state index contributed by atoms with van der Waals surface area (Å²) in [6.45, 7) is 0. The first-order valence-electron chi connectivity index (χ1n) is 5.03. The van der Waals surface area contributed by atoms with Gasteiger partial charge in [0, 0.05) is 6.20 Å². The van der Waals surface area contributed by atoms with Gasteiger partial charge in [-0.25, -0.2) is 9.48 Å². The molecular formula is C12H11N3O2. The van der Waals surface area contributed by atoms with Gasteiger partial charge in [-0.2, -0.15) is 0 Å². The van der Waals surface area contributed by atoms with E-state index in [-0.39, 0.29) is 0 Å². The Morgan fingerprint density at radius 3 is 2.82 bits per heavy atom. The van der Waals surface area contributed by atoms with Crippen LogP contribution in [0.15, 0.2) is 36.5 Å². The van der Waals surface area contributed by atoms with Crippen molar-refractivity contribution >= 4 is 18.2 Å². The van der Waals surface area contributed by atoms with Crippen molar-refractivity contribution in [1.29, 1.82) is 0 Å². The highest BCUT2D eigenvalue weighted by Crippen LogP contribution is 2.04. The molecular weight excluding hydrogens is 218 g/mol. The summed E-state index contributed by atoms with van der Waals surface area (Å²) in [6.07, 6.45) is 4.86. The number of carbonyl (C=O) groups excluding carboxylic acids is 1. The van der Waals surface area contributed by atoms with E-state index in [0.29, 0.717) is 5.69 Å². The first kappa shape index (κ1) is 11.1. The fourth-order valence-electron chi connectivity index (χ4n) is 1.33. The number of hydrogen-bond acceptors (Lipinski definition) is 4. The Bertz CT molecular complexity index is 532. The lowest BCUT2D eigenvalue weighted by Gasteiger charge is -1.98. The molecule has 0 fully saturated rings. The molecule has 0 bridgehead atoms. The zero-order valence-electron chi connectivity index (χ0n) is 9.28. The first-order chi connectivity index (χ1) is 8.31. The Kier molecular flexibility index (Phi) is 3.30. The first-order valence-corrected chi connectivity index (χ1v) is 5.03. The summed E-state index contributed by atoms with van der Waals surface area (Å²) in [5, 5.41) is 7.44. The summed E-state index contributed by atoms with van der Waals surface area (Å²) in [5.41, 5.74) is 1.30. The average Bonchev–Trinajstić information content (AvgIpc) is 2.85. The number of hydrogen-bond donors (Lipinski definition) is 0. The summed E-state index contributed by atoms with van der Waals surface area (Å²) in [7, 11) is 1.32. The maximum absolute atomic E-state index is 11.3. The molecule has 0 spiro atoms. The molecule has 0 saturated heterocycles. The second-order valence-corrected chi connectivity index (χ2v) is 3.28. The summed E-state index contributed by atoms with van der Waals surface area (Å²) >= 11 is 0. The summed E-state index contributed by atoms with van der Waals surface area (Å²) < 4.78 is 5.99. The fourth-order valence-corrected chi connectivity index (χ4v) is 1.33. The van der Waals surface area contributed by atoms with E-state index in [1.54, 1.807) is 6.20 Å². The number of rotatable bonds is 3. The summed E-state index contributed by atoms with van der Waals surface area (Å²) in [4.78, 5) is 11.3. The predicted octanol–water partition coefficient (Wildman–Crippen LogP) is 1.69. The molecule has 0 amide bonds. The maximum atomic E-state index is 11.3. The fraction of sp³-hybridized carbons (Fsp3) is 0.0833. The lowest BCUT2D eigenvalue weighted by atomic mass is 10.2. The quantitative estimate of drug-likeness (QED) is 0.751. The van der Waals surface area contributed by atoms with Gasteiger partial charge in [0.25, 0.3) is 0 Å². The van der Waals surface area contributed by atoms with Gasteiger partial charge in [0.1, 0.15) is 0 Å². The normalized spacial score (nSPS) is 10.6. The van der Waals surface area contributed by atoms with Crippen LogP contribution in [0.5, 0.6) is 0 Å². The van der Waals surface area contributed by atoms with Crippen molar-refractivity contribution in [3.63, 3.8) is 0 Å². The zero-order chi connectivity index (χ0) is 12.1. The third kappa shape index (κ3) is 2.57. The van der Waals surface area contributed by atoms with Gasteiger partial charge < -0.3 is 4.74 Å². The van der Waals surface area contributed by atoms with Crippen LogP contribution in [0.2, 0.25) is 0 Å². The molecule has 0 aliphatic heterocycles. The van der Waals surface area contributed by atoms with Crippen LogP contribution < -0.4 is 0 Å². The number of nitrogens with zero attached hydrogens (tertiary/aromatic N) is 3. The molecule has 86 valence electrons. The van der Waals surface area contributed by atoms with E-state index in [2.05, 4.69) is 15.0 Å². The molecule has 0 radical (unpaired) electrons. The molecule has 1 aromatic carbocycles. The van der Waals surface area contributed by atoms with Crippen molar-refractivity contribution in [2.45, 2.75) is 0 Å². The number of benzene rings is 1. The molecule has 0 aliphatic rings. The van der Waals surface area contributed by atoms with E-state index >= 15 is 0 Å². The summed E-state index contributed by atoms with van der Waals surface area (Å²) in [5.74, 6) is -0.465. The number of carbonyl (C=O) groups is 1.